The molecule has 8 heteroatoms. The number of hydrogen-bond acceptors (Lipinski definition) is 6. The van der Waals surface area contributed by atoms with E-state index >= 15 is 0 Å². The van der Waals surface area contributed by atoms with Crippen LogP contribution >= 0.6 is 11.8 Å². The van der Waals surface area contributed by atoms with Gasteiger partial charge in [-0.3, -0.25) is 4.79 Å². The van der Waals surface area contributed by atoms with Gasteiger partial charge in [-0.2, -0.15) is 11.8 Å². The number of methoxy groups -OCH3 is 1. The number of carbonyl (C=O) groups is 3. The molecule has 0 aromatic rings. The van der Waals surface area contributed by atoms with Gasteiger partial charge >= 0.3 is 12.1 Å². The predicted molar refractivity (Wildman–Crippen MR) is 85.8 cm³/mol. The Kier molecular flexibility index (Phi) is 8.93. The number of esters is 1. The fourth-order valence-electron chi connectivity index (χ4n) is 1.50. The summed E-state index contributed by atoms with van der Waals surface area (Å²) in [5.41, 5.74) is -0.649. The van der Waals surface area contributed by atoms with Gasteiger partial charge in [-0.05, 0) is 46.1 Å². The molecule has 2 atom stereocenters. The molecule has 0 aliphatic rings. The number of hydrogen-bond donors (Lipinski definition) is 2. The second-order valence-corrected chi connectivity index (χ2v) is 6.72. The van der Waals surface area contributed by atoms with Crippen LogP contribution in [0.25, 0.3) is 0 Å². The lowest BCUT2D eigenvalue weighted by atomic mass is 10.2. The Balaban J connectivity index is 4.71. The van der Waals surface area contributed by atoms with Gasteiger partial charge in [-0.15, -0.1) is 0 Å². The van der Waals surface area contributed by atoms with Crippen LogP contribution in [-0.2, 0) is 19.1 Å². The van der Waals surface area contributed by atoms with Crippen molar-refractivity contribution < 1.29 is 23.9 Å². The number of alkyl carbamates (subject to hydrolysis) is 1. The van der Waals surface area contributed by atoms with Crippen LogP contribution in [0.4, 0.5) is 4.79 Å². The third kappa shape index (κ3) is 8.76. The molecule has 0 rings (SSSR count). The van der Waals surface area contributed by atoms with Crippen LogP contribution in [0.1, 0.15) is 34.1 Å². The van der Waals surface area contributed by atoms with Gasteiger partial charge in [-0.1, -0.05) is 0 Å². The SMILES string of the molecule is COC(=O)[C@@H](C)NC(=O)[C@@H](CCSC)NC(=O)OC(C)(C)C. The van der Waals surface area contributed by atoms with Crippen molar-refractivity contribution in [3.05, 3.63) is 0 Å². The summed E-state index contributed by atoms with van der Waals surface area (Å²) in [5, 5.41) is 5.05. The van der Waals surface area contributed by atoms with E-state index in [0.29, 0.717) is 12.2 Å². The van der Waals surface area contributed by atoms with E-state index in [9.17, 15) is 14.4 Å². The molecule has 0 spiro atoms. The lowest BCUT2D eigenvalue weighted by Gasteiger charge is -2.24. The second kappa shape index (κ2) is 9.55. The normalized spacial score (nSPS) is 13.7. The van der Waals surface area contributed by atoms with E-state index in [1.165, 1.54) is 14.0 Å². The number of ether oxygens (including phenoxy) is 2. The molecule has 0 radical (unpaired) electrons. The first-order valence-corrected chi connectivity index (χ1v) is 8.36. The van der Waals surface area contributed by atoms with Crippen molar-refractivity contribution in [3.63, 3.8) is 0 Å². The summed E-state index contributed by atoms with van der Waals surface area (Å²) in [7, 11) is 1.25. The Morgan fingerprint density at radius 3 is 2.23 bits per heavy atom. The molecule has 7 nitrogen and oxygen atoms in total. The maximum Gasteiger partial charge on any atom is 0.408 e. The molecule has 128 valence electrons. The van der Waals surface area contributed by atoms with Gasteiger partial charge in [0.1, 0.15) is 17.7 Å². The van der Waals surface area contributed by atoms with Crippen LogP contribution in [0.15, 0.2) is 0 Å². The van der Waals surface area contributed by atoms with Crippen molar-refractivity contribution in [2.75, 3.05) is 19.1 Å². The summed E-state index contributed by atoms with van der Waals surface area (Å²) < 4.78 is 9.69. The van der Waals surface area contributed by atoms with Crippen molar-refractivity contribution in [3.8, 4) is 0 Å². The third-order valence-corrected chi connectivity index (χ3v) is 3.18. The summed E-state index contributed by atoms with van der Waals surface area (Å²) in [6, 6.07) is -1.55. The predicted octanol–water partition coefficient (Wildman–Crippen LogP) is 1.31. The van der Waals surface area contributed by atoms with E-state index in [2.05, 4.69) is 15.4 Å². The molecular formula is C14H26N2O5S. The van der Waals surface area contributed by atoms with E-state index in [-0.39, 0.29) is 0 Å². The first kappa shape index (κ1) is 20.6. The number of nitrogens with one attached hydrogen (secondary N) is 2. The Bertz CT molecular complexity index is 395. The average molecular weight is 334 g/mol. The lowest BCUT2D eigenvalue weighted by Crippen LogP contribution is -2.52. The van der Waals surface area contributed by atoms with E-state index in [4.69, 9.17) is 4.74 Å². The first-order chi connectivity index (χ1) is 10.1. The number of rotatable bonds is 7. The van der Waals surface area contributed by atoms with E-state index in [0.717, 1.165) is 0 Å². The molecule has 0 saturated carbocycles. The summed E-state index contributed by atoms with van der Waals surface area (Å²) in [6.07, 6.45) is 1.67. The van der Waals surface area contributed by atoms with E-state index in [1.807, 2.05) is 6.26 Å². The lowest BCUT2D eigenvalue weighted by molar-refractivity contribution is -0.144. The minimum atomic E-state index is -0.783. The average Bonchev–Trinajstić information content (AvgIpc) is 2.40. The summed E-state index contributed by atoms with van der Waals surface area (Å²) >= 11 is 1.55. The van der Waals surface area contributed by atoms with Crippen molar-refractivity contribution in [1.82, 2.24) is 10.6 Å². The van der Waals surface area contributed by atoms with Crippen LogP contribution in [0, 0.1) is 0 Å². The maximum absolute atomic E-state index is 12.2. The zero-order valence-electron chi connectivity index (χ0n) is 14.0. The smallest absolute Gasteiger partial charge is 0.408 e. The molecule has 0 unspecified atom stereocenters. The minimum absolute atomic E-state index is 0.431. The van der Waals surface area contributed by atoms with E-state index in [1.54, 1.807) is 32.5 Å². The van der Waals surface area contributed by atoms with Gasteiger partial charge in [0.05, 0.1) is 7.11 Å². The number of carbonyl (C=O) groups excluding carboxylic acids is 3. The van der Waals surface area contributed by atoms with E-state index < -0.39 is 35.7 Å². The summed E-state index contributed by atoms with van der Waals surface area (Å²) in [4.78, 5) is 35.3. The minimum Gasteiger partial charge on any atom is -0.467 e. The van der Waals surface area contributed by atoms with Crippen LogP contribution in [0.5, 0.6) is 0 Å². The fraction of sp³-hybridized carbons (Fsp3) is 0.786. The molecule has 22 heavy (non-hydrogen) atoms. The van der Waals surface area contributed by atoms with Crippen LogP contribution in [-0.4, -0.2) is 54.8 Å². The van der Waals surface area contributed by atoms with Gasteiger partial charge in [0.15, 0.2) is 0 Å². The van der Waals surface area contributed by atoms with Gasteiger partial charge in [0.25, 0.3) is 0 Å². The van der Waals surface area contributed by atoms with Crippen molar-refractivity contribution in [2.24, 2.45) is 0 Å². The monoisotopic (exact) mass is 334 g/mol. The van der Waals surface area contributed by atoms with Gasteiger partial charge in [0, 0.05) is 0 Å². The topological polar surface area (TPSA) is 93.7 Å². The zero-order chi connectivity index (χ0) is 17.3. The van der Waals surface area contributed by atoms with Gasteiger partial charge in [0.2, 0.25) is 5.91 Å². The molecule has 0 aliphatic heterocycles. The molecule has 0 aliphatic carbocycles. The van der Waals surface area contributed by atoms with Gasteiger partial charge in [-0.25, -0.2) is 9.59 Å². The molecule has 0 aromatic heterocycles. The van der Waals surface area contributed by atoms with Crippen molar-refractivity contribution in [1.29, 1.82) is 0 Å². The third-order valence-electron chi connectivity index (χ3n) is 2.53. The summed E-state index contributed by atoms with van der Waals surface area (Å²) in [5.74, 6) is -0.312. The molecule has 0 heterocycles. The standard InChI is InChI=1S/C14H26N2O5S/c1-9(12(18)20-5)15-11(17)10(7-8-22-6)16-13(19)21-14(2,3)4/h9-10H,7-8H2,1-6H3,(H,15,17)(H,16,19)/t9-,10-/m1/s1. The van der Waals surface area contributed by atoms with Crippen molar-refractivity contribution in [2.45, 2.75) is 51.8 Å². The summed E-state index contributed by atoms with van der Waals surface area (Å²) in [6.45, 7) is 6.73. The zero-order valence-corrected chi connectivity index (χ0v) is 14.8. The highest BCUT2D eigenvalue weighted by Crippen LogP contribution is 2.08. The second-order valence-electron chi connectivity index (χ2n) is 5.73. The molecule has 0 fully saturated rings. The van der Waals surface area contributed by atoms with Gasteiger partial charge < -0.3 is 20.1 Å². The van der Waals surface area contributed by atoms with Crippen LogP contribution in [0.2, 0.25) is 0 Å². The highest BCUT2D eigenvalue weighted by Gasteiger charge is 2.26. The number of amides is 2. The Labute approximate surface area is 135 Å². The van der Waals surface area contributed by atoms with Crippen molar-refractivity contribution >= 4 is 29.7 Å². The molecule has 0 bridgehead atoms. The maximum atomic E-state index is 12.2. The molecule has 0 saturated heterocycles. The Hall–Kier alpha value is -1.44. The highest BCUT2D eigenvalue weighted by molar-refractivity contribution is 7.98. The molecule has 2 N–H and O–H groups in total. The fourth-order valence-corrected chi connectivity index (χ4v) is 1.98. The molecular weight excluding hydrogens is 308 g/mol. The quantitative estimate of drug-likeness (QED) is 0.682. The highest BCUT2D eigenvalue weighted by atomic mass is 32.2. The Morgan fingerprint density at radius 2 is 1.77 bits per heavy atom. The van der Waals surface area contributed by atoms with Crippen LogP contribution in [0.3, 0.4) is 0 Å². The largest absolute Gasteiger partial charge is 0.467 e. The molecule has 2 amide bonds. The first-order valence-electron chi connectivity index (χ1n) is 6.97. The molecule has 0 aromatic carbocycles. The van der Waals surface area contributed by atoms with Crippen LogP contribution < -0.4 is 10.6 Å². The number of thioether (sulfide) groups is 1. The Morgan fingerprint density at radius 1 is 1.18 bits per heavy atom.